The molecule has 1 aliphatic carbocycles. The number of fused-ring (bicyclic) bond motifs is 6. The largest absolute Gasteiger partial charge is 0.310 e. The van der Waals surface area contributed by atoms with Crippen LogP contribution in [0.15, 0.2) is 188 Å². The molecule has 0 spiro atoms. The highest BCUT2D eigenvalue weighted by molar-refractivity contribution is 7.26. The number of rotatable bonds is 7. The Balaban J connectivity index is 1.09. The summed E-state index contributed by atoms with van der Waals surface area (Å²) in [4.78, 5) is 4.84. The molecule has 0 radical (unpaired) electrons. The van der Waals surface area contributed by atoms with Crippen LogP contribution in [0.4, 0.5) is 28.4 Å². The molecule has 0 saturated heterocycles. The summed E-state index contributed by atoms with van der Waals surface area (Å²) in [6, 6.07) is 59.7. The number of hydrogen-bond donors (Lipinski definition) is 0. The van der Waals surface area contributed by atoms with Gasteiger partial charge in [-0.1, -0.05) is 103 Å². The maximum atomic E-state index is 2.48. The summed E-state index contributed by atoms with van der Waals surface area (Å²) >= 11 is 3.74. The first-order valence-electron chi connectivity index (χ1n) is 17.8. The van der Waals surface area contributed by atoms with Crippen molar-refractivity contribution < 1.29 is 0 Å². The van der Waals surface area contributed by atoms with Gasteiger partial charge in [0.1, 0.15) is 0 Å². The van der Waals surface area contributed by atoms with Crippen molar-refractivity contribution in [2.75, 3.05) is 9.80 Å². The van der Waals surface area contributed by atoms with Gasteiger partial charge in [0.05, 0.1) is 5.69 Å². The Morgan fingerprint density at radius 2 is 1.06 bits per heavy atom. The van der Waals surface area contributed by atoms with E-state index in [1.54, 1.807) is 0 Å². The Morgan fingerprint density at radius 3 is 1.88 bits per heavy atom. The normalized spacial score (nSPS) is 12.9. The zero-order valence-corrected chi connectivity index (χ0v) is 30.1. The second-order valence-electron chi connectivity index (χ2n) is 13.2. The van der Waals surface area contributed by atoms with Crippen LogP contribution in [0.5, 0.6) is 0 Å². The lowest BCUT2D eigenvalue weighted by molar-refractivity contribution is 0.999. The molecule has 7 aromatic carbocycles. The van der Waals surface area contributed by atoms with Gasteiger partial charge in [0.15, 0.2) is 0 Å². The van der Waals surface area contributed by atoms with Crippen LogP contribution in [-0.4, -0.2) is 0 Å². The van der Waals surface area contributed by atoms with E-state index < -0.39 is 0 Å². The Kier molecular flexibility index (Phi) is 7.71. The van der Waals surface area contributed by atoms with Crippen molar-refractivity contribution in [3.8, 4) is 11.1 Å². The molecule has 4 heteroatoms. The fourth-order valence-corrected chi connectivity index (χ4v) is 9.87. The van der Waals surface area contributed by atoms with E-state index in [4.69, 9.17) is 0 Å². The van der Waals surface area contributed by atoms with Crippen molar-refractivity contribution in [1.29, 1.82) is 0 Å². The van der Waals surface area contributed by atoms with Gasteiger partial charge in [0, 0.05) is 68.8 Å². The summed E-state index contributed by atoms with van der Waals surface area (Å²) in [6.45, 7) is 0. The summed E-state index contributed by atoms with van der Waals surface area (Å²) in [5.74, 6) is 0. The van der Waals surface area contributed by atoms with Crippen LogP contribution in [0.25, 0.3) is 51.5 Å². The minimum absolute atomic E-state index is 1.04. The molecule has 0 bridgehead atoms. The van der Waals surface area contributed by atoms with E-state index in [0.717, 1.165) is 29.9 Å². The van der Waals surface area contributed by atoms with Gasteiger partial charge in [-0.15, -0.1) is 22.7 Å². The molecule has 2 heterocycles. The van der Waals surface area contributed by atoms with Gasteiger partial charge in [-0.2, -0.15) is 0 Å². The van der Waals surface area contributed by atoms with Gasteiger partial charge >= 0.3 is 0 Å². The zero-order chi connectivity index (χ0) is 34.4. The summed E-state index contributed by atoms with van der Waals surface area (Å²) in [7, 11) is 0. The molecule has 9 aromatic rings. The molecule has 0 N–H and O–H groups in total. The monoisotopic (exact) mass is 702 g/mol. The summed E-state index contributed by atoms with van der Waals surface area (Å²) < 4.78 is 5.21. The molecule has 248 valence electrons. The van der Waals surface area contributed by atoms with Crippen LogP contribution in [0, 0.1) is 0 Å². The minimum atomic E-state index is 1.04. The average molecular weight is 703 g/mol. The SMILES string of the molecule is C1=CC(N(c2ccc3sc4cc(N(c5ccccc5)c5ccc(-c6ccccc6)cc5)ccc4c3c2)c2cccc3sc4ccccc4c23)=CCC1. The Hall–Kier alpha value is -5.94. The average Bonchev–Trinajstić information content (AvgIpc) is 3.78. The van der Waals surface area contributed by atoms with Gasteiger partial charge in [-0.05, 0) is 103 Å². The number of hydrogen-bond acceptors (Lipinski definition) is 4. The van der Waals surface area contributed by atoms with Crippen LogP contribution in [0.2, 0.25) is 0 Å². The number of thiophene rings is 2. The van der Waals surface area contributed by atoms with Crippen LogP contribution in [0.3, 0.4) is 0 Å². The molecule has 0 aliphatic heterocycles. The van der Waals surface area contributed by atoms with E-state index in [1.807, 2.05) is 22.7 Å². The third-order valence-electron chi connectivity index (χ3n) is 10.1. The van der Waals surface area contributed by atoms with Crippen molar-refractivity contribution in [1.82, 2.24) is 0 Å². The Morgan fingerprint density at radius 1 is 0.404 bits per heavy atom. The number of anilines is 5. The molecule has 2 aromatic heterocycles. The van der Waals surface area contributed by atoms with Crippen molar-refractivity contribution >= 4 is 91.5 Å². The van der Waals surface area contributed by atoms with Crippen molar-refractivity contribution in [2.24, 2.45) is 0 Å². The summed E-state index contributed by atoms with van der Waals surface area (Å²) in [5, 5.41) is 5.21. The topological polar surface area (TPSA) is 6.48 Å². The third-order valence-corrected chi connectivity index (χ3v) is 12.3. The van der Waals surface area contributed by atoms with Crippen LogP contribution >= 0.6 is 22.7 Å². The predicted octanol–water partition coefficient (Wildman–Crippen LogP) is 14.9. The van der Waals surface area contributed by atoms with E-state index >= 15 is 0 Å². The first-order chi connectivity index (χ1) is 25.8. The molecular formula is C48H34N2S2. The molecule has 0 amide bonds. The van der Waals surface area contributed by atoms with E-state index in [9.17, 15) is 0 Å². The van der Waals surface area contributed by atoms with Crippen LogP contribution in [0.1, 0.15) is 12.8 Å². The van der Waals surface area contributed by atoms with Gasteiger partial charge in [0.25, 0.3) is 0 Å². The lowest BCUT2D eigenvalue weighted by Crippen LogP contribution is -2.16. The first kappa shape index (κ1) is 30.8. The highest BCUT2D eigenvalue weighted by Gasteiger charge is 2.21. The first-order valence-corrected chi connectivity index (χ1v) is 19.5. The molecule has 1 aliphatic rings. The molecule has 2 nitrogen and oxygen atoms in total. The van der Waals surface area contributed by atoms with Crippen molar-refractivity contribution in [2.45, 2.75) is 12.8 Å². The van der Waals surface area contributed by atoms with E-state index in [0.29, 0.717) is 0 Å². The number of para-hydroxylation sites is 1. The maximum Gasteiger partial charge on any atom is 0.0554 e. The van der Waals surface area contributed by atoms with Crippen LogP contribution < -0.4 is 9.80 Å². The molecule has 52 heavy (non-hydrogen) atoms. The highest BCUT2D eigenvalue weighted by atomic mass is 32.1. The fraction of sp³-hybridized carbons (Fsp3) is 0.0417. The van der Waals surface area contributed by atoms with Gasteiger partial charge in [0.2, 0.25) is 0 Å². The molecule has 10 rings (SSSR count). The van der Waals surface area contributed by atoms with Gasteiger partial charge < -0.3 is 9.80 Å². The molecule has 0 saturated carbocycles. The Labute approximate surface area is 311 Å². The van der Waals surface area contributed by atoms with E-state index in [-0.39, 0.29) is 0 Å². The lowest BCUT2D eigenvalue weighted by atomic mass is 10.0. The Bertz CT molecular complexity index is 2790. The lowest BCUT2D eigenvalue weighted by Gasteiger charge is -2.28. The summed E-state index contributed by atoms with van der Waals surface area (Å²) in [5.41, 5.74) is 9.49. The zero-order valence-electron chi connectivity index (χ0n) is 28.4. The van der Waals surface area contributed by atoms with Crippen molar-refractivity contribution in [3.05, 3.63) is 188 Å². The maximum absolute atomic E-state index is 2.48. The number of nitrogens with zero attached hydrogens (tertiary/aromatic N) is 2. The highest BCUT2D eigenvalue weighted by Crippen LogP contribution is 2.46. The predicted molar refractivity (Wildman–Crippen MR) is 227 cm³/mol. The van der Waals surface area contributed by atoms with Crippen LogP contribution in [-0.2, 0) is 0 Å². The number of benzene rings is 7. The molecule has 0 unspecified atom stereocenters. The quantitative estimate of drug-likeness (QED) is 0.163. The van der Waals surface area contributed by atoms with E-state index in [2.05, 4.69) is 192 Å². The van der Waals surface area contributed by atoms with Crippen molar-refractivity contribution in [3.63, 3.8) is 0 Å². The van der Waals surface area contributed by atoms with Gasteiger partial charge in [-0.25, -0.2) is 0 Å². The molecule has 0 atom stereocenters. The smallest absolute Gasteiger partial charge is 0.0554 e. The minimum Gasteiger partial charge on any atom is -0.310 e. The summed E-state index contributed by atoms with van der Waals surface area (Å²) in [6.07, 6.45) is 9.12. The number of allylic oxidation sites excluding steroid dienone is 3. The third kappa shape index (κ3) is 5.39. The van der Waals surface area contributed by atoms with Gasteiger partial charge in [-0.3, -0.25) is 0 Å². The second kappa shape index (κ2) is 13.0. The van der Waals surface area contributed by atoms with E-state index in [1.165, 1.54) is 68.5 Å². The fourth-order valence-electron chi connectivity index (χ4n) is 7.62. The molecule has 0 fully saturated rings. The standard InChI is InChI=1S/C48H34N2S2/c1-4-13-33(14-5-1)34-23-25-37(26-24-34)49(35-15-6-2-7-16-35)39-27-29-40-42-31-38(28-30-45(42)52-47(40)32-39)50(36-17-8-3-9-18-36)43-20-12-22-46-48(43)41-19-10-11-21-44(41)51-46/h1-2,4-8,10-32H,3,9H2. The molecular weight excluding hydrogens is 669 g/mol. The second-order valence-corrected chi connectivity index (χ2v) is 15.4.